The molecule has 2 amide bonds. The lowest BCUT2D eigenvalue weighted by molar-refractivity contribution is -0.138. The first-order valence-corrected chi connectivity index (χ1v) is 14.8. The van der Waals surface area contributed by atoms with E-state index in [4.69, 9.17) is 4.74 Å². The summed E-state index contributed by atoms with van der Waals surface area (Å²) in [7, 11) is 2.04. The number of ether oxygens (including phenoxy) is 1. The molecule has 1 aromatic heterocycles. The number of piperazine rings is 1. The molecule has 4 heterocycles. The maximum Gasteiger partial charge on any atom is 0.251 e. The summed E-state index contributed by atoms with van der Waals surface area (Å²) in [6.45, 7) is 6.50. The van der Waals surface area contributed by atoms with E-state index in [0.717, 1.165) is 37.5 Å². The van der Waals surface area contributed by atoms with Crippen LogP contribution in [0, 0.1) is 17.0 Å². The van der Waals surface area contributed by atoms with Gasteiger partial charge in [0.2, 0.25) is 11.0 Å². The highest BCUT2D eigenvalue weighted by Crippen LogP contribution is 2.37. The monoisotopic (exact) mass is 605 g/mol. The molecule has 0 aliphatic carbocycles. The third-order valence-corrected chi connectivity index (χ3v) is 8.91. The number of likely N-dealkylation sites (tertiary alicyclic amines) is 1. The van der Waals surface area contributed by atoms with Gasteiger partial charge in [-0.05, 0) is 31.5 Å². The van der Waals surface area contributed by atoms with Gasteiger partial charge < -0.3 is 24.8 Å². The maximum atomic E-state index is 14.9. The van der Waals surface area contributed by atoms with E-state index in [0.29, 0.717) is 10.7 Å². The Kier molecular flexibility index (Phi) is 9.00. The van der Waals surface area contributed by atoms with Gasteiger partial charge in [0.15, 0.2) is 10.9 Å². The fourth-order valence-electron chi connectivity index (χ4n) is 5.72. The fourth-order valence-corrected chi connectivity index (χ4v) is 6.59. The van der Waals surface area contributed by atoms with Gasteiger partial charge in [-0.3, -0.25) is 14.4 Å². The second-order valence-electron chi connectivity index (χ2n) is 11.4. The Morgan fingerprint density at radius 2 is 1.88 bits per heavy atom. The Balaban J connectivity index is 1.30. The van der Waals surface area contributed by atoms with E-state index in [2.05, 4.69) is 20.1 Å². The number of amides is 2. The van der Waals surface area contributed by atoms with Gasteiger partial charge in [-0.1, -0.05) is 37.3 Å². The van der Waals surface area contributed by atoms with E-state index < -0.39 is 52.7 Å². The van der Waals surface area contributed by atoms with Crippen LogP contribution in [0.15, 0.2) is 36.4 Å². The molecule has 3 saturated heterocycles. The van der Waals surface area contributed by atoms with Crippen LogP contribution in [0.1, 0.15) is 30.6 Å². The number of nitrogens with one attached hydrogen (secondary N) is 1. The van der Waals surface area contributed by atoms with Crippen LogP contribution < -0.4 is 10.2 Å². The number of hydrogen-bond acceptors (Lipinski definition) is 8. The van der Waals surface area contributed by atoms with Crippen LogP contribution in [-0.2, 0) is 14.3 Å². The summed E-state index contributed by atoms with van der Waals surface area (Å²) in [6.07, 6.45) is -0.889. The SMILES string of the molecule is CC(C)CC(NC(=O)c1ccc(-c2nc(N3CCN(C)CC3)sc2F)cc1)C(=O)N1CC(/C(F)=C/F)C2OCC(=O)C21. The van der Waals surface area contributed by atoms with Crippen molar-refractivity contribution in [1.29, 1.82) is 0 Å². The molecule has 3 aliphatic rings. The number of rotatable bonds is 8. The average molecular weight is 606 g/mol. The number of likely N-dealkylation sites (N-methyl/N-ethyl adjacent to an activating group) is 1. The van der Waals surface area contributed by atoms with Crippen molar-refractivity contribution in [2.45, 2.75) is 38.5 Å². The normalized spacial score (nSPS) is 23.9. The van der Waals surface area contributed by atoms with Gasteiger partial charge in [-0.15, -0.1) is 0 Å². The molecule has 42 heavy (non-hydrogen) atoms. The molecule has 2 aromatic rings. The Morgan fingerprint density at radius 1 is 1.19 bits per heavy atom. The molecule has 4 atom stereocenters. The van der Waals surface area contributed by atoms with Crippen LogP contribution in [0.4, 0.5) is 18.3 Å². The zero-order valence-electron chi connectivity index (χ0n) is 23.7. The number of benzene rings is 1. The van der Waals surface area contributed by atoms with Crippen LogP contribution in [0.3, 0.4) is 0 Å². The van der Waals surface area contributed by atoms with Gasteiger partial charge in [0, 0.05) is 43.9 Å². The molecule has 0 radical (unpaired) electrons. The number of Topliss-reactive ketones (excluding diaryl/α,β-unsaturated/α-hetero) is 1. The Labute approximate surface area is 246 Å². The predicted molar refractivity (Wildman–Crippen MR) is 152 cm³/mol. The van der Waals surface area contributed by atoms with Crippen molar-refractivity contribution in [3.8, 4) is 11.3 Å². The number of ketones is 1. The highest BCUT2D eigenvalue weighted by atomic mass is 32.1. The third-order valence-electron chi connectivity index (χ3n) is 8.01. The van der Waals surface area contributed by atoms with Crippen LogP contribution >= 0.6 is 11.3 Å². The summed E-state index contributed by atoms with van der Waals surface area (Å²) in [5.74, 6) is -3.67. The summed E-state index contributed by atoms with van der Waals surface area (Å²) < 4.78 is 47.5. The molecule has 1 N–H and O–H groups in total. The van der Waals surface area contributed by atoms with Crippen molar-refractivity contribution in [3.63, 3.8) is 0 Å². The van der Waals surface area contributed by atoms with Crippen LogP contribution in [0.5, 0.6) is 0 Å². The van der Waals surface area contributed by atoms with E-state index in [1.54, 1.807) is 12.1 Å². The maximum absolute atomic E-state index is 14.9. The van der Waals surface area contributed by atoms with Crippen molar-refractivity contribution >= 4 is 34.1 Å². The molecule has 0 saturated carbocycles. The highest BCUT2D eigenvalue weighted by Gasteiger charge is 2.54. The Hall–Kier alpha value is -3.29. The van der Waals surface area contributed by atoms with Crippen molar-refractivity contribution in [2.75, 3.05) is 51.3 Å². The van der Waals surface area contributed by atoms with Crippen molar-refractivity contribution < 1.29 is 32.3 Å². The molecule has 9 nitrogen and oxygen atoms in total. The summed E-state index contributed by atoms with van der Waals surface area (Å²) in [5.41, 5.74) is 0.983. The first-order valence-electron chi connectivity index (χ1n) is 14.0. The molecular formula is C29H34F3N5O4S. The minimum atomic E-state index is -1.10. The number of fused-ring (bicyclic) bond motifs is 1. The standard InChI is InChI=1S/C29H34F3N5O4S/c1-16(2)12-21(28(40)37-14-19(20(31)13-30)25-24(37)22(38)15-41-25)33-27(39)18-6-4-17(5-7-18)23-26(32)42-29(34-23)36-10-8-35(3)9-11-36/h4-7,13,16,19,21,24-25H,8-12,14-15H2,1-3H3,(H,33,39)/b20-13-. The number of thiazole rings is 1. The minimum Gasteiger partial charge on any atom is -0.367 e. The third kappa shape index (κ3) is 6.09. The van der Waals surface area contributed by atoms with E-state index in [-0.39, 0.29) is 43.1 Å². The lowest BCUT2D eigenvalue weighted by Crippen LogP contribution is -2.52. The molecule has 0 bridgehead atoms. The molecule has 13 heteroatoms. The van der Waals surface area contributed by atoms with Crippen molar-refractivity contribution in [2.24, 2.45) is 11.8 Å². The van der Waals surface area contributed by atoms with Crippen LogP contribution in [-0.4, -0.2) is 96.9 Å². The number of anilines is 1. The molecule has 3 fully saturated rings. The zero-order chi connectivity index (χ0) is 30.1. The number of carbonyl (C=O) groups is 3. The highest BCUT2D eigenvalue weighted by molar-refractivity contribution is 7.14. The van der Waals surface area contributed by atoms with Gasteiger partial charge in [0.25, 0.3) is 5.91 Å². The molecular weight excluding hydrogens is 571 g/mol. The topological polar surface area (TPSA) is 95.1 Å². The number of nitrogens with zero attached hydrogens (tertiary/aromatic N) is 4. The first kappa shape index (κ1) is 30.2. The molecule has 1 aromatic carbocycles. The van der Waals surface area contributed by atoms with Crippen molar-refractivity contribution in [3.05, 3.63) is 47.1 Å². The van der Waals surface area contributed by atoms with Gasteiger partial charge in [0.1, 0.15) is 36.5 Å². The van der Waals surface area contributed by atoms with Gasteiger partial charge in [-0.25, -0.2) is 13.8 Å². The molecule has 4 unspecified atom stereocenters. The second kappa shape index (κ2) is 12.5. The summed E-state index contributed by atoms with van der Waals surface area (Å²) >= 11 is 0.994. The van der Waals surface area contributed by atoms with E-state index in [1.807, 2.05) is 20.9 Å². The molecule has 0 spiro atoms. The summed E-state index contributed by atoms with van der Waals surface area (Å²) in [4.78, 5) is 49.4. The largest absolute Gasteiger partial charge is 0.367 e. The smallest absolute Gasteiger partial charge is 0.251 e. The number of aromatic nitrogens is 1. The van der Waals surface area contributed by atoms with Crippen molar-refractivity contribution in [1.82, 2.24) is 20.1 Å². The van der Waals surface area contributed by atoms with Gasteiger partial charge in [0.05, 0.1) is 12.0 Å². The van der Waals surface area contributed by atoms with E-state index in [1.165, 1.54) is 17.0 Å². The minimum absolute atomic E-state index is 0.00374. The predicted octanol–water partition coefficient (Wildman–Crippen LogP) is 3.42. The first-order chi connectivity index (χ1) is 20.1. The molecule has 3 aliphatic heterocycles. The van der Waals surface area contributed by atoms with E-state index >= 15 is 0 Å². The quantitative estimate of drug-likeness (QED) is 0.493. The summed E-state index contributed by atoms with van der Waals surface area (Å²) in [5, 5.41) is 2.96. The van der Waals surface area contributed by atoms with Crippen LogP contribution in [0.25, 0.3) is 11.3 Å². The summed E-state index contributed by atoms with van der Waals surface area (Å²) in [6, 6.07) is 4.24. The number of carbonyl (C=O) groups excluding carboxylic acids is 3. The zero-order valence-corrected chi connectivity index (χ0v) is 24.5. The number of halogens is 3. The fraction of sp³-hybridized carbons (Fsp3) is 0.517. The Morgan fingerprint density at radius 3 is 2.52 bits per heavy atom. The van der Waals surface area contributed by atoms with Gasteiger partial charge >= 0.3 is 0 Å². The number of hydrogen-bond donors (Lipinski definition) is 1. The molecule has 5 rings (SSSR count). The average Bonchev–Trinajstić information content (AvgIpc) is 3.67. The van der Waals surface area contributed by atoms with Gasteiger partial charge in [-0.2, -0.15) is 4.39 Å². The van der Waals surface area contributed by atoms with Crippen LogP contribution in [0.2, 0.25) is 0 Å². The lowest BCUT2D eigenvalue weighted by Gasteiger charge is -2.31. The second-order valence-corrected chi connectivity index (χ2v) is 12.3. The Bertz CT molecular complexity index is 1360. The molecule has 226 valence electrons. The lowest BCUT2D eigenvalue weighted by atomic mass is 10.00. The van der Waals surface area contributed by atoms with E-state index in [9.17, 15) is 27.6 Å².